The average molecular weight is 252 g/mol. The van der Waals surface area contributed by atoms with Gasteiger partial charge in [0.05, 0.1) is 0 Å². The zero-order chi connectivity index (χ0) is 12.5. The predicted octanol–water partition coefficient (Wildman–Crippen LogP) is 5.08. The Bertz CT molecular complexity index is 754. The lowest BCUT2D eigenvalue weighted by atomic mass is 10.1. The molecule has 1 nitrogen and oxygen atoms in total. The maximum atomic E-state index is 5.79. The topological polar surface area (TPSA) is 13.1 Å². The van der Waals surface area contributed by atoms with Crippen molar-refractivity contribution in [3.63, 3.8) is 0 Å². The van der Waals surface area contributed by atoms with Crippen molar-refractivity contribution in [3.8, 4) is 11.1 Å². The number of fused-ring (bicyclic) bond motifs is 1. The third kappa shape index (κ3) is 1.98. The zero-order valence-electron chi connectivity index (χ0n) is 10.1. The third-order valence-corrected chi connectivity index (χ3v) is 3.41. The van der Waals surface area contributed by atoms with Crippen molar-refractivity contribution < 1.29 is 4.42 Å². The lowest BCUT2D eigenvalue weighted by Crippen LogP contribution is -1.81. The minimum atomic E-state index is 0.762. The van der Waals surface area contributed by atoms with Crippen LogP contribution in [0.3, 0.4) is 0 Å². The van der Waals surface area contributed by atoms with Crippen LogP contribution >= 0.6 is 8.86 Å². The molecule has 0 aliphatic rings. The average Bonchev–Trinajstić information content (AvgIpc) is 2.39. The van der Waals surface area contributed by atoms with Gasteiger partial charge in [-0.25, -0.2) is 0 Å². The predicted molar refractivity (Wildman–Crippen MR) is 77.9 cm³/mol. The normalized spacial score (nSPS) is 10.7. The number of aryl methyl sites for hydroxylation is 1. The maximum absolute atomic E-state index is 5.79. The molecular formula is C16H13OP. The molecule has 0 bridgehead atoms. The fourth-order valence-electron chi connectivity index (χ4n) is 2.03. The van der Waals surface area contributed by atoms with E-state index in [4.69, 9.17) is 4.42 Å². The quantitative estimate of drug-likeness (QED) is 0.550. The van der Waals surface area contributed by atoms with E-state index in [0.29, 0.717) is 0 Å². The Morgan fingerprint density at radius 1 is 0.944 bits per heavy atom. The molecule has 0 radical (unpaired) electrons. The summed E-state index contributed by atoms with van der Waals surface area (Å²) in [7, 11) is 3.56. The summed E-state index contributed by atoms with van der Waals surface area (Å²) in [5.41, 5.74) is 4.37. The van der Waals surface area contributed by atoms with Crippen LogP contribution in [0, 0.1) is 12.1 Å². The highest BCUT2D eigenvalue weighted by Gasteiger charge is 2.03. The Labute approximate surface area is 108 Å². The highest BCUT2D eigenvalue weighted by Crippen LogP contribution is 2.26. The summed E-state index contributed by atoms with van der Waals surface area (Å²) in [6, 6.07) is 18.6. The van der Waals surface area contributed by atoms with Gasteiger partial charge in [0.15, 0.2) is 5.14 Å². The third-order valence-electron chi connectivity index (χ3n) is 3.04. The Hall–Kier alpha value is -1.85. The SMILES string of the molecule is Cc1ccc(-c2cc3ccccc3oc2=P)cc1. The first-order valence-corrected chi connectivity index (χ1v) is 6.38. The van der Waals surface area contributed by atoms with Crippen LogP contribution < -0.4 is 0 Å². The van der Waals surface area contributed by atoms with Crippen molar-refractivity contribution in [2.45, 2.75) is 6.92 Å². The summed E-state index contributed by atoms with van der Waals surface area (Å²) < 4.78 is 5.79. The van der Waals surface area contributed by atoms with E-state index in [0.717, 1.165) is 27.2 Å². The molecule has 0 saturated carbocycles. The Balaban J connectivity index is 2.26. The van der Waals surface area contributed by atoms with Crippen LogP contribution in [-0.2, 0) is 0 Å². The molecule has 2 heteroatoms. The molecule has 0 N–H and O–H groups in total. The summed E-state index contributed by atoms with van der Waals surface area (Å²) in [5.74, 6) is 0. The fraction of sp³-hybridized carbons (Fsp3) is 0.0625. The van der Waals surface area contributed by atoms with E-state index in [1.54, 1.807) is 0 Å². The Morgan fingerprint density at radius 2 is 1.67 bits per heavy atom. The molecule has 3 rings (SSSR count). The van der Waals surface area contributed by atoms with Crippen LogP contribution in [0.4, 0.5) is 0 Å². The maximum Gasteiger partial charge on any atom is 0.153 e. The number of hydrogen-bond acceptors (Lipinski definition) is 1. The second kappa shape index (κ2) is 4.44. The van der Waals surface area contributed by atoms with E-state index >= 15 is 0 Å². The van der Waals surface area contributed by atoms with Gasteiger partial charge in [-0.1, -0.05) is 56.9 Å². The van der Waals surface area contributed by atoms with Gasteiger partial charge in [-0.2, -0.15) is 0 Å². The summed E-state index contributed by atoms with van der Waals surface area (Å²) in [6.45, 7) is 2.09. The Kier molecular flexibility index (Phi) is 2.77. The van der Waals surface area contributed by atoms with E-state index in [-0.39, 0.29) is 0 Å². The highest BCUT2D eigenvalue weighted by atomic mass is 31.0. The van der Waals surface area contributed by atoms with E-state index < -0.39 is 0 Å². The molecule has 0 fully saturated rings. The van der Waals surface area contributed by atoms with Crippen LogP contribution in [0.1, 0.15) is 5.56 Å². The van der Waals surface area contributed by atoms with Gasteiger partial charge in [-0.3, -0.25) is 0 Å². The highest BCUT2D eigenvalue weighted by molar-refractivity contribution is 7.07. The van der Waals surface area contributed by atoms with Gasteiger partial charge < -0.3 is 4.42 Å². The monoisotopic (exact) mass is 252 g/mol. The summed E-state index contributed by atoms with van der Waals surface area (Å²) >= 11 is 0. The minimum Gasteiger partial charge on any atom is -0.452 e. The van der Waals surface area contributed by atoms with E-state index in [9.17, 15) is 0 Å². The van der Waals surface area contributed by atoms with Crippen molar-refractivity contribution in [1.82, 2.24) is 0 Å². The van der Waals surface area contributed by atoms with Gasteiger partial charge in [-0.15, -0.1) is 0 Å². The lowest BCUT2D eigenvalue weighted by molar-refractivity contribution is 0.588. The summed E-state index contributed by atoms with van der Waals surface area (Å²) in [4.78, 5) is 0. The molecule has 0 saturated heterocycles. The van der Waals surface area contributed by atoms with Crippen molar-refractivity contribution in [2.24, 2.45) is 0 Å². The van der Waals surface area contributed by atoms with Gasteiger partial charge in [0.2, 0.25) is 0 Å². The first kappa shape index (κ1) is 11.3. The molecule has 1 heterocycles. The molecule has 88 valence electrons. The van der Waals surface area contributed by atoms with Gasteiger partial charge in [0.25, 0.3) is 0 Å². The minimum absolute atomic E-state index is 0.762. The van der Waals surface area contributed by atoms with Crippen LogP contribution in [0.5, 0.6) is 0 Å². The van der Waals surface area contributed by atoms with Crippen LogP contribution in [0.2, 0.25) is 0 Å². The smallest absolute Gasteiger partial charge is 0.153 e. The molecule has 0 amide bonds. The van der Waals surface area contributed by atoms with Crippen LogP contribution in [0.15, 0.2) is 59.0 Å². The van der Waals surface area contributed by atoms with Gasteiger partial charge in [-0.05, 0) is 24.6 Å². The lowest BCUT2D eigenvalue weighted by Gasteiger charge is -2.05. The molecule has 0 aliphatic carbocycles. The van der Waals surface area contributed by atoms with Crippen LogP contribution in [0.25, 0.3) is 22.1 Å². The largest absolute Gasteiger partial charge is 0.452 e. The Morgan fingerprint density at radius 3 is 2.44 bits per heavy atom. The summed E-state index contributed by atoms with van der Waals surface area (Å²) in [5, 5.41) is 1.87. The van der Waals surface area contributed by atoms with Gasteiger partial charge in [0.1, 0.15) is 5.58 Å². The van der Waals surface area contributed by atoms with E-state index in [1.807, 2.05) is 18.2 Å². The number of benzene rings is 2. The molecule has 2 aromatic carbocycles. The fourth-order valence-corrected chi connectivity index (χ4v) is 2.35. The second-order valence-corrected chi connectivity index (χ2v) is 4.85. The molecule has 18 heavy (non-hydrogen) atoms. The standard InChI is InChI=1S/C16H13OP/c1-11-6-8-12(9-7-11)14-10-13-4-2-3-5-15(13)17-16(14)18/h2-10,18H,1H3. The molecule has 0 spiro atoms. The second-order valence-electron chi connectivity index (χ2n) is 4.39. The van der Waals surface area contributed by atoms with E-state index in [1.165, 1.54) is 5.56 Å². The molecule has 0 atom stereocenters. The van der Waals surface area contributed by atoms with Gasteiger partial charge >= 0.3 is 0 Å². The number of para-hydroxylation sites is 1. The van der Waals surface area contributed by atoms with Crippen molar-refractivity contribution in [2.75, 3.05) is 0 Å². The first-order chi connectivity index (χ1) is 8.74. The molecule has 0 unspecified atom stereocenters. The van der Waals surface area contributed by atoms with Crippen LogP contribution in [-0.4, -0.2) is 0 Å². The zero-order valence-corrected chi connectivity index (χ0v) is 11.1. The van der Waals surface area contributed by atoms with Gasteiger partial charge in [0, 0.05) is 10.9 Å². The van der Waals surface area contributed by atoms with E-state index in [2.05, 4.69) is 52.2 Å². The van der Waals surface area contributed by atoms with Crippen molar-refractivity contribution >= 4 is 19.8 Å². The molecule has 0 aliphatic heterocycles. The molecule has 1 aromatic heterocycles. The van der Waals surface area contributed by atoms with Crippen molar-refractivity contribution in [1.29, 1.82) is 0 Å². The molecule has 3 aromatic rings. The number of hydrogen-bond donors (Lipinski definition) is 0. The first-order valence-electron chi connectivity index (χ1n) is 5.88. The van der Waals surface area contributed by atoms with Crippen molar-refractivity contribution in [3.05, 3.63) is 65.3 Å². The summed E-state index contributed by atoms with van der Waals surface area (Å²) in [6.07, 6.45) is 0. The number of rotatable bonds is 1. The molecular weight excluding hydrogens is 239 g/mol.